The number of carbonyl (C=O) groups excluding carboxylic acids is 2. The highest BCUT2D eigenvalue weighted by atomic mass is 16.5. The molecule has 0 amide bonds. The number of nitrogens with two attached hydrogens (primary N) is 1. The van der Waals surface area contributed by atoms with Gasteiger partial charge in [0, 0.05) is 0 Å². The average molecular weight is 215 g/mol. The Morgan fingerprint density at radius 1 is 1.53 bits per heavy atom. The highest BCUT2D eigenvalue weighted by Crippen LogP contribution is 2.42. The first-order chi connectivity index (χ1) is 7.10. The number of methoxy groups -OCH3 is 1. The molecule has 15 heavy (non-hydrogen) atoms. The van der Waals surface area contributed by atoms with Crippen LogP contribution in [-0.2, 0) is 19.1 Å². The van der Waals surface area contributed by atoms with E-state index in [4.69, 9.17) is 10.5 Å². The minimum atomic E-state index is -0.626. The fraction of sp³-hybridized carbons (Fsp3) is 0.800. The summed E-state index contributed by atoms with van der Waals surface area (Å²) < 4.78 is 9.37. The maximum atomic E-state index is 11.3. The third-order valence-corrected chi connectivity index (χ3v) is 2.57. The Morgan fingerprint density at radius 3 is 2.73 bits per heavy atom. The molecule has 0 unspecified atom stereocenters. The van der Waals surface area contributed by atoms with Gasteiger partial charge in [0.25, 0.3) is 0 Å². The van der Waals surface area contributed by atoms with Gasteiger partial charge < -0.3 is 15.2 Å². The van der Waals surface area contributed by atoms with Crippen molar-refractivity contribution in [2.75, 3.05) is 13.7 Å². The van der Waals surface area contributed by atoms with Crippen molar-refractivity contribution in [1.82, 2.24) is 0 Å². The molecule has 3 atom stereocenters. The minimum absolute atomic E-state index is 0.0688. The molecule has 0 saturated heterocycles. The topological polar surface area (TPSA) is 78.6 Å². The molecular formula is C10H17NO4. The second-order valence-corrected chi connectivity index (χ2v) is 3.72. The Labute approximate surface area is 88.9 Å². The van der Waals surface area contributed by atoms with E-state index in [0.717, 1.165) is 6.42 Å². The Kier molecular flexibility index (Phi) is 4.08. The van der Waals surface area contributed by atoms with Crippen LogP contribution < -0.4 is 5.73 Å². The van der Waals surface area contributed by atoms with Crippen molar-refractivity contribution in [3.05, 3.63) is 0 Å². The Balaban J connectivity index is 2.27. The zero-order chi connectivity index (χ0) is 11.4. The lowest BCUT2D eigenvalue weighted by molar-refractivity contribution is -0.146. The quantitative estimate of drug-likeness (QED) is 0.657. The molecule has 1 aliphatic rings. The van der Waals surface area contributed by atoms with Gasteiger partial charge in [-0.1, -0.05) is 0 Å². The van der Waals surface area contributed by atoms with Gasteiger partial charge in [0.2, 0.25) is 0 Å². The lowest BCUT2D eigenvalue weighted by Crippen LogP contribution is -2.32. The molecule has 86 valence electrons. The molecule has 0 bridgehead atoms. The summed E-state index contributed by atoms with van der Waals surface area (Å²) in [4.78, 5) is 22.3. The summed E-state index contributed by atoms with van der Waals surface area (Å²) in [6.45, 7) is 2.17. The summed E-state index contributed by atoms with van der Waals surface area (Å²) in [6.07, 6.45) is 1.26. The van der Waals surface area contributed by atoms with E-state index in [1.54, 1.807) is 6.92 Å². The molecule has 1 saturated carbocycles. The first-order valence-electron chi connectivity index (χ1n) is 5.10. The van der Waals surface area contributed by atoms with Gasteiger partial charge in [0.15, 0.2) is 0 Å². The van der Waals surface area contributed by atoms with Gasteiger partial charge >= 0.3 is 11.9 Å². The number of ether oxygens (including phenoxy) is 2. The molecule has 0 heterocycles. The predicted octanol–water partition coefficient (Wildman–Crippen LogP) is 0.0760. The van der Waals surface area contributed by atoms with Crippen molar-refractivity contribution in [1.29, 1.82) is 0 Å². The van der Waals surface area contributed by atoms with Crippen LogP contribution >= 0.6 is 0 Å². The standard InChI is InChI=1S/C10H17NO4/c1-3-15-9(12)7-4-6(7)5-8(11)10(13)14-2/h6-8H,3-5,11H2,1-2H3/t6-,7+,8+/m0/s1. The highest BCUT2D eigenvalue weighted by Gasteiger charge is 2.45. The fourth-order valence-corrected chi connectivity index (χ4v) is 1.62. The molecule has 0 spiro atoms. The van der Waals surface area contributed by atoms with Gasteiger partial charge in [-0.2, -0.15) is 0 Å². The molecule has 0 aromatic heterocycles. The summed E-state index contributed by atoms with van der Waals surface area (Å²) in [6, 6.07) is -0.626. The molecular weight excluding hydrogens is 198 g/mol. The molecule has 0 aromatic carbocycles. The van der Waals surface area contributed by atoms with Crippen LogP contribution in [0.3, 0.4) is 0 Å². The van der Waals surface area contributed by atoms with E-state index in [-0.39, 0.29) is 17.8 Å². The van der Waals surface area contributed by atoms with Gasteiger partial charge in [-0.05, 0) is 25.7 Å². The molecule has 0 aliphatic heterocycles. The second-order valence-electron chi connectivity index (χ2n) is 3.72. The van der Waals surface area contributed by atoms with Crippen molar-refractivity contribution < 1.29 is 19.1 Å². The zero-order valence-electron chi connectivity index (χ0n) is 9.06. The normalized spacial score (nSPS) is 25.5. The fourth-order valence-electron chi connectivity index (χ4n) is 1.62. The molecule has 1 aliphatic carbocycles. The van der Waals surface area contributed by atoms with Crippen LogP contribution in [0.4, 0.5) is 0 Å². The number of rotatable bonds is 5. The van der Waals surface area contributed by atoms with Crippen molar-refractivity contribution >= 4 is 11.9 Å². The molecule has 5 heteroatoms. The van der Waals surface area contributed by atoms with Crippen LogP contribution in [0.2, 0.25) is 0 Å². The van der Waals surface area contributed by atoms with Crippen molar-refractivity contribution in [3.63, 3.8) is 0 Å². The molecule has 1 fully saturated rings. The van der Waals surface area contributed by atoms with Crippen molar-refractivity contribution in [2.24, 2.45) is 17.6 Å². The summed E-state index contributed by atoms with van der Waals surface area (Å²) in [7, 11) is 1.30. The lowest BCUT2D eigenvalue weighted by Gasteiger charge is -2.08. The van der Waals surface area contributed by atoms with Crippen LogP contribution in [0.5, 0.6) is 0 Å². The summed E-state index contributed by atoms with van der Waals surface area (Å²) in [5.74, 6) is -0.497. The highest BCUT2D eigenvalue weighted by molar-refractivity contribution is 5.77. The van der Waals surface area contributed by atoms with Crippen LogP contribution in [0.25, 0.3) is 0 Å². The van der Waals surface area contributed by atoms with Crippen LogP contribution in [-0.4, -0.2) is 31.7 Å². The summed E-state index contributed by atoms with van der Waals surface area (Å²) >= 11 is 0. The third-order valence-electron chi connectivity index (χ3n) is 2.57. The molecule has 5 nitrogen and oxygen atoms in total. The number of carbonyl (C=O) groups is 2. The van der Waals surface area contributed by atoms with Crippen LogP contribution in [0, 0.1) is 11.8 Å². The predicted molar refractivity (Wildman–Crippen MR) is 52.8 cm³/mol. The average Bonchev–Trinajstić information content (AvgIpc) is 2.96. The minimum Gasteiger partial charge on any atom is -0.468 e. The van der Waals surface area contributed by atoms with Gasteiger partial charge in [-0.15, -0.1) is 0 Å². The van der Waals surface area contributed by atoms with E-state index >= 15 is 0 Å². The molecule has 0 aromatic rings. The SMILES string of the molecule is CCOC(=O)[C@@H]1C[C@H]1C[C@@H](N)C(=O)OC. The molecule has 1 rings (SSSR count). The largest absolute Gasteiger partial charge is 0.468 e. The first kappa shape index (κ1) is 12.0. The lowest BCUT2D eigenvalue weighted by atomic mass is 10.1. The zero-order valence-corrected chi connectivity index (χ0v) is 9.06. The Morgan fingerprint density at radius 2 is 2.20 bits per heavy atom. The Hall–Kier alpha value is -1.10. The molecule has 2 N–H and O–H groups in total. The van der Waals surface area contributed by atoms with Crippen LogP contribution in [0.1, 0.15) is 19.8 Å². The monoisotopic (exact) mass is 215 g/mol. The smallest absolute Gasteiger partial charge is 0.322 e. The number of esters is 2. The maximum Gasteiger partial charge on any atom is 0.322 e. The van der Waals surface area contributed by atoms with Gasteiger partial charge in [0.05, 0.1) is 19.6 Å². The van der Waals surface area contributed by atoms with Crippen molar-refractivity contribution in [2.45, 2.75) is 25.8 Å². The molecule has 0 radical (unpaired) electrons. The first-order valence-corrected chi connectivity index (χ1v) is 5.10. The second kappa shape index (κ2) is 5.11. The Bertz CT molecular complexity index is 254. The van der Waals surface area contributed by atoms with Gasteiger partial charge in [-0.3, -0.25) is 9.59 Å². The van der Waals surface area contributed by atoms with E-state index in [1.807, 2.05) is 0 Å². The van der Waals surface area contributed by atoms with E-state index in [0.29, 0.717) is 13.0 Å². The maximum absolute atomic E-state index is 11.3. The summed E-state index contributed by atoms with van der Waals surface area (Å²) in [5.41, 5.74) is 5.58. The van der Waals surface area contributed by atoms with E-state index in [2.05, 4.69) is 4.74 Å². The van der Waals surface area contributed by atoms with Crippen LogP contribution in [0.15, 0.2) is 0 Å². The summed E-state index contributed by atoms with van der Waals surface area (Å²) in [5, 5.41) is 0. The third kappa shape index (κ3) is 3.20. The van der Waals surface area contributed by atoms with E-state index in [9.17, 15) is 9.59 Å². The van der Waals surface area contributed by atoms with Crippen molar-refractivity contribution in [3.8, 4) is 0 Å². The van der Waals surface area contributed by atoms with E-state index in [1.165, 1.54) is 7.11 Å². The van der Waals surface area contributed by atoms with Gasteiger partial charge in [-0.25, -0.2) is 0 Å². The number of hydrogen-bond donors (Lipinski definition) is 1. The van der Waals surface area contributed by atoms with E-state index < -0.39 is 12.0 Å². The van der Waals surface area contributed by atoms with Gasteiger partial charge in [0.1, 0.15) is 6.04 Å². The number of hydrogen-bond acceptors (Lipinski definition) is 5.